The molecule has 1 aliphatic heterocycles. The molecule has 2 amide bonds. The van der Waals surface area contributed by atoms with E-state index in [1.807, 2.05) is 42.7 Å². The van der Waals surface area contributed by atoms with Crippen LogP contribution in [0.15, 0.2) is 82.6 Å². The van der Waals surface area contributed by atoms with Gasteiger partial charge in [0.2, 0.25) is 5.91 Å². The van der Waals surface area contributed by atoms with Crippen LogP contribution in [0.1, 0.15) is 77.8 Å². The van der Waals surface area contributed by atoms with Crippen molar-refractivity contribution in [2.45, 2.75) is 88.2 Å². The number of anilines is 2. The van der Waals surface area contributed by atoms with E-state index in [1.54, 1.807) is 44.2 Å². The number of carbonyl (C=O) groups excluding carboxylic acids is 2. The average molecular weight is 756 g/mol. The molecule has 0 saturated carbocycles. The summed E-state index contributed by atoms with van der Waals surface area (Å²) in [5, 5.41) is 22.0. The highest BCUT2D eigenvalue weighted by atomic mass is 32.2. The van der Waals surface area contributed by atoms with E-state index in [-0.39, 0.29) is 22.5 Å². The predicted molar refractivity (Wildman–Crippen MR) is 206 cm³/mol. The molecule has 0 bridgehead atoms. The number of unbranched alkanes of at least 4 members (excludes halogenated alkanes) is 2. The third-order valence-electron chi connectivity index (χ3n) is 8.52. The number of para-hydroxylation sites is 1. The van der Waals surface area contributed by atoms with Crippen molar-refractivity contribution in [2.75, 3.05) is 36.6 Å². The number of nitrogens with one attached hydrogen (secondary N) is 2. The van der Waals surface area contributed by atoms with E-state index in [2.05, 4.69) is 29.4 Å². The second kappa shape index (κ2) is 20.2. The van der Waals surface area contributed by atoms with Crippen molar-refractivity contribution in [3.8, 4) is 5.75 Å². The minimum absolute atomic E-state index is 0.0130. The fourth-order valence-corrected chi connectivity index (χ4v) is 8.80. The van der Waals surface area contributed by atoms with Gasteiger partial charge in [-0.1, -0.05) is 88.1 Å². The first kappa shape index (κ1) is 42.3. The number of aliphatic hydroxyl groups excluding tert-OH is 1. The minimum Gasteiger partial charge on any atom is -0.483 e. The molecule has 1 heterocycles. The first-order valence-corrected chi connectivity index (χ1v) is 20.6. The standard InChI is InChI=1S/C36H45N3O7S2.C3H8O/c1-4-6-18-36(19-7-5-2)24-39(27-16-12-9-13-17-27)28-20-30(47-3)29(21-31(28)48(44,45)25-36)46-23-32(40)38-34(26-14-10-8-11-15-26)35(43)37-22-33(41)42;1-3(2)4/h8-17,20-21,34H,4-7,18-19,22-25H2,1-3H3,(H,37,43)(H,38,40)(H,41,42);3-4H,1-2H3/t34-;/m1./s1. The number of benzene rings is 3. The molecule has 0 saturated heterocycles. The minimum atomic E-state index is -3.79. The number of carboxylic acid groups (broad SMARTS) is 1. The maximum atomic E-state index is 14.3. The molecular formula is C39H53N3O8S2. The maximum absolute atomic E-state index is 14.3. The molecule has 3 aromatic rings. The molecule has 0 aliphatic carbocycles. The molecule has 1 atom stereocenters. The molecule has 11 nitrogen and oxygen atoms in total. The molecule has 0 aromatic heterocycles. The fourth-order valence-electron chi connectivity index (χ4n) is 6.14. The van der Waals surface area contributed by atoms with Crippen molar-refractivity contribution in [3.05, 3.63) is 78.4 Å². The molecule has 4 rings (SSSR count). The molecule has 0 radical (unpaired) electrons. The largest absolute Gasteiger partial charge is 0.483 e. The number of nitrogens with zero attached hydrogens (tertiary/aromatic N) is 1. The first-order chi connectivity index (χ1) is 24.8. The van der Waals surface area contributed by atoms with Crippen LogP contribution in [0.5, 0.6) is 5.75 Å². The van der Waals surface area contributed by atoms with E-state index in [0.29, 0.717) is 22.7 Å². The van der Waals surface area contributed by atoms with E-state index >= 15 is 0 Å². The summed E-state index contributed by atoms with van der Waals surface area (Å²) in [5.41, 5.74) is 1.50. The highest BCUT2D eigenvalue weighted by Gasteiger charge is 2.42. The summed E-state index contributed by atoms with van der Waals surface area (Å²) in [4.78, 5) is 40.0. The smallest absolute Gasteiger partial charge is 0.322 e. The van der Waals surface area contributed by atoms with Crippen LogP contribution in [0.25, 0.3) is 0 Å². The summed E-state index contributed by atoms with van der Waals surface area (Å²) in [6.07, 6.45) is 7.07. The summed E-state index contributed by atoms with van der Waals surface area (Å²) in [5.74, 6) is -2.28. The van der Waals surface area contributed by atoms with Crippen molar-refractivity contribution >= 4 is 50.8 Å². The Balaban J connectivity index is 0.00000173. The van der Waals surface area contributed by atoms with Crippen molar-refractivity contribution < 1.29 is 37.8 Å². The van der Waals surface area contributed by atoms with Crippen molar-refractivity contribution in [3.63, 3.8) is 0 Å². The van der Waals surface area contributed by atoms with Crippen LogP contribution in [0.3, 0.4) is 0 Å². The van der Waals surface area contributed by atoms with E-state index in [4.69, 9.17) is 14.9 Å². The lowest BCUT2D eigenvalue weighted by Gasteiger charge is -2.37. The van der Waals surface area contributed by atoms with Gasteiger partial charge in [-0.25, -0.2) is 8.42 Å². The van der Waals surface area contributed by atoms with Crippen molar-refractivity contribution in [1.82, 2.24) is 10.6 Å². The number of fused-ring (bicyclic) bond motifs is 1. The normalized spacial score (nSPS) is 14.9. The molecule has 0 spiro atoms. The lowest BCUT2D eigenvalue weighted by molar-refractivity contribution is -0.138. The molecule has 13 heteroatoms. The van der Waals surface area contributed by atoms with E-state index in [0.717, 1.165) is 44.2 Å². The summed E-state index contributed by atoms with van der Waals surface area (Å²) < 4.78 is 34.7. The van der Waals surface area contributed by atoms with E-state index in [1.165, 1.54) is 17.8 Å². The third-order valence-corrected chi connectivity index (χ3v) is 11.3. The third kappa shape index (κ3) is 12.3. The van der Waals surface area contributed by atoms with Gasteiger partial charge in [0, 0.05) is 29.8 Å². The highest BCUT2D eigenvalue weighted by Crippen LogP contribution is 2.47. The summed E-state index contributed by atoms with van der Waals surface area (Å²) in [6, 6.07) is 20.5. The van der Waals surface area contributed by atoms with Crippen LogP contribution in [0.2, 0.25) is 0 Å². The molecule has 3 aromatic carbocycles. The summed E-state index contributed by atoms with van der Waals surface area (Å²) in [6.45, 7) is 7.15. The van der Waals surface area contributed by atoms with E-state index < -0.39 is 52.2 Å². The molecule has 52 heavy (non-hydrogen) atoms. The number of carbonyl (C=O) groups is 3. The van der Waals surface area contributed by atoms with Crippen LogP contribution in [0.4, 0.5) is 11.4 Å². The molecule has 0 unspecified atom stereocenters. The number of thioether (sulfide) groups is 1. The van der Waals surface area contributed by atoms with Crippen molar-refractivity contribution in [2.24, 2.45) is 5.41 Å². The number of rotatable bonds is 16. The lowest BCUT2D eigenvalue weighted by Crippen LogP contribution is -2.43. The zero-order chi connectivity index (χ0) is 38.3. The number of aliphatic carboxylic acids is 1. The Morgan fingerprint density at radius 3 is 2.08 bits per heavy atom. The van der Waals surface area contributed by atoms with Gasteiger partial charge in [-0.05, 0) is 56.7 Å². The predicted octanol–water partition coefficient (Wildman–Crippen LogP) is 6.52. The van der Waals surface area contributed by atoms with Gasteiger partial charge in [0.25, 0.3) is 5.91 Å². The number of aliphatic hydroxyl groups is 1. The topological polar surface area (TPSA) is 162 Å². The van der Waals surface area contributed by atoms with E-state index in [9.17, 15) is 22.8 Å². The Morgan fingerprint density at radius 1 is 0.962 bits per heavy atom. The van der Waals surface area contributed by atoms with Crippen LogP contribution in [-0.2, 0) is 24.2 Å². The first-order valence-electron chi connectivity index (χ1n) is 17.7. The zero-order valence-electron chi connectivity index (χ0n) is 30.8. The summed E-state index contributed by atoms with van der Waals surface area (Å²) in [7, 11) is -3.79. The van der Waals surface area contributed by atoms with Gasteiger partial charge in [-0.15, -0.1) is 11.8 Å². The van der Waals surface area contributed by atoms with Gasteiger partial charge in [0.05, 0.1) is 21.2 Å². The Morgan fingerprint density at radius 2 is 1.54 bits per heavy atom. The molecule has 1 aliphatic rings. The van der Waals surface area contributed by atoms with Gasteiger partial charge >= 0.3 is 5.97 Å². The number of ether oxygens (including phenoxy) is 1. The Hall–Kier alpha value is -4.07. The lowest BCUT2D eigenvalue weighted by atomic mass is 9.79. The fraction of sp³-hybridized carbons (Fsp3) is 0.462. The van der Waals surface area contributed by atoms with Gasteiger partial charge in [0.1, 0.15) is 18.3 Å². The van der Waals surface area contributed by atoms with Gasteiger partial charge in [0.15, 0.2) is 16.4 Å². The maximum Gasteiger partial charge on any atom is 0.322 e. The second-order valence-corrected chi connectivity index (χ2v) is 16.1. The van der Waals surface area contributed by atoms with Crippen LogP contribution in [0, 0.1) is 5.41 Å². The quantitative estimate of drug-likeness (QED) is 0.118. The number of hydrogen-bond acceptors (Lipinski definition) is 9. The molecule has 0 fully saturated rings. The monoisotopic (exact) mass is 755 g/mol. The molecule has 284 valence electrons. The van der Waals surface area contributed by atoms with Crippen LogP contribution < -0.4 is 20.3 Å². The average Bonchev–Trinajstić information content (AvgIpc) is 3.21. The number of amides is 2. The zero-order valence-corrected chi connectivity index (χ0v) is 32.4. The van der Waals surface area contributed by atoms with Crippen LogP contribution in [-0.4, -0.2) is 74.2 Å². The van der Waals surface area contributed by atoms with Crippen LogP contribution >= 0.6 is 11.8 Å². The SMILES string of the molecule is CC(C)O.CCCCC1(CCCC)CN(c2ccccc2)c2cc(SC)c(OCC(=O)N[C@@H](C(=O)NCC(=O)O)c3ccccc3)cc2S(=O)(=O)C1. The molecule has 4 N–H and O–H groups in total. The number of carboxylic acids is 1. The van der Waals surface area contributed by atoms with Crippen molar-refractivity contribution in [1.29, 1.82) is 0 Å². The number of sulfone groups is 1. The van der Waals surface area contributed by atoms with Gasteiger partial charge < -0.3 is 30.5 Å². The van der Waals surface area contributed by atoms with Gasteiger partial charge in [-0.2, -0.15) is 0 Å². The highest BCUT2D eigenvalue weighted by molar-refractivity contribution is 7.98. The Bertz CT molecular complexity index is 1710. The Kier molecular flexibility index (Phi) is 16.5. The summed E-state index contributed by atoms with van der Waals surface area (Å²) >= 11 is 1.38. The van der Waals surface area contributed by atoms with Gasteiger partial charge in [-0.3, -0.25) is 14.4 Å². The Labute approximate surface area is 312 Å². The molecular weight excluding hydrogens is 703 g/mol. The number of hydrogen-bond donors (Lipinski definition) is 4. The second-order valence-electron chi connectivity index (χ2n) is 13.3.